The standard InChI is InChI=1S/C14H18ClNO3S/c1-8-5-6-11(15)7-12(8)16-13(17)9(2)20-10(3)14(18)19-4/h5-7,9-10H,1-4H3,(H,16,17). The van der Waals surface area contributed by atoms with Gasteiger partial charge in [-0.05, 0) is 38.5 Å². The number of thioether (sulfide) groups is 1. The molecular weight excluding hydrogens is 298 g/mol. The van der Waals surface area contributed by atoms with Gasteiger partial charge in [0.05, 0.1) is 12.4 Å². The van der Waals surface area contributed by atoms with Crippen molar-refractivity contribution in [2.75, 3.05) is 12.4 Å². The SMILES string of the molecule is COC(=O)C(C)SC(C)C(=O)Nc1cc(Cl)ccc1C. The van der Waals surface area contributed by atoms with Gasteiger partial charge < -0.3 is 10.1 Å². The molecule has 0 heterocycles. The third-order valence-electron chi connectivity index (χ3n) is 2.77. The zero-order valence-corrected chi connectivity index (χ0v) is 13.5. The molecule has 2 atom stereocenters. The van der Waals surface area contributed by atoms with Crippen LogP contribution in [0.4, 0.5) is 5.69 Å². The van der Waals surface area contributed by atoms with Crippen LogP contribution in [-0.4, -0.2) is 29.5 Å². The molecule has 1 N–H and O–H groups in total. The number of carbonyl (C=O) groups is 2. The number of benzene rings is 1. The topological polar surface area (TPSA) is 55.4 Å². The van der Waals surface area contributed by atoms with Crippen molar-refractivity contribution in [3.8, 4) is 0 Å². The second kappa shape index (κ2) is 7.55. The lowest BCUT2D eigenvalue weighted by molar-refractivity contribution is -0.139. The fourth-order valence-electron chi connectivity index (χ4n) is 1.55. The van der Waals surface area contributed by atoms with E-state index >= 15 is 0 Å². The summed E-state index contributed by atoms with van der Waals surface area (Å²) >= 11 is 7.16. The van der Waals surface area contributed by atoms with Crippen molar-refractivity contribution in [3.63, 3.8) is 0 Å². The molecule has 0 radical (unpaired) electrons. The number of carbonyl (C=O) groups excluding carboxylic acids is 2. The van der Waals surface area contributed by atoms with Crippen LogP contribution in [0.15, 0.2) is 18.2 Å². The Morgan fingerprint density at radius 2 is 1.95 bits per heavy atom. The molecule has 0 aromatic heterocycles. The second-order valence-corrected chi connectivity index (χ2v) is 6.52. The number of amides is 1. The number of methoxy groups -OCH3 is 1. The maximum atomic E-state index is 12.1. The number of rotatable bonds is 5. The highest BCUT2D eigenvalue weighted by Gasteiger charge is 2.22. The van der Waals surface area contributed by atoms with Crippen LogP contribution in [0.2, 0.25) is 5.02 Å². The third-order valence-corrected chi connectivity index (χ3v) is 4.23. The van der Waals surface area contributed by atoms with Crippen LogP contribution in [0, 0.1) is 6.92 Å². The summed E-state index contributed by atoms with van der Waals surface area (Å²) in [5.41, 5.74) is 1.61. The Kier molecular flexibility index (Phi) is 6.36. The van der Waals surface area contributed by atoms with Gasteiger partial charge in [0.2, 0.25) is 5.91 Å². The molecule has 0 aliphatic rings. The minimum Gasteiger partial charge on any atom is -0.468 e. The summed E-state index contributed by atoms with van der Waals surface area (Å²) < 4.78 is 4.64. The molecule has 1 amide bonds. The summed E-state index contributed by atoms with van der Waals surface area (Å²) in [5, 5.41) is 2.62. The van der Waals surface area contributed by atoms with Gasteiger partial charge in [-0.3, -0.25) is 9.59 Å². The maximum absolute atomic E-state index is 12.1. The van der Waals surface area contributed by atoms with Crippen LogP contribution in [-0.2, 0) is 14.3 Å². The van der Waals surface area contributed by atoms with Crippen molar-refractivity contribution in [3.05, 3.63) is 28.8 Å². The zero-order valence-electron chi connectivity index (χ0n) is 11.9. The van der Waals surface area contributed by atoms with Crippen LogP contribution >= 0.6 is 23.4 Å². The van der Waals surface area contributed by atoms with Gasteiger partial charge >= 0.3 is 5.97 Å². The molecule has 1 aromatic rings. The summed E-state index contributed by atoms with van der Waals surface area (Å²) in [6.45, 7) is 5.35. The van der Waals surface area contributed by atoms with E-state index in [-0.39, 0.29) is 22.4 Å². The summed E-state index contributed by atoms with van der Waals surface area (Å²) in [6, 6.07) is 5.31. The van der Waals surface area contributed by atoms with E-state index < -0.39 is 0 Å². The monoisotopic (exact) mass is 315 g/mol. The number of anilines is 1. The van der Waals surface area contributed by atoms with Gasteiger partial charge in [-0.2, -0.15) is 0 Å². The number of ether oxygens (including phenoxy) is 1. The van der Waals surface area contributed by atoms with Gasteiger partial charge in [-0.25, -0.2) is 0 Å². The van der Waals surface area contributed by atoms with E-state index in [9.17, 15) is 9.59 Å². The van der Waals surface area contributed by atoms with Gasteiger partial charge in [0.25, 0.3) is 0 Å². The molecule has 0 saturated carbocycles. The largest absolute Gasteiger partial charge is 0.468 e. The quantitative estimate of drug-likeness (QED) is 0.847. The second-order valence-electron chi connectivity index (χ2n) is 4.39. The van der Waals surface area contributed by atoms with Crippen LogP contribution in [0.3, 0.4) is 0 Å². The van der Waals surface area contributed by atoms with Crippen molar-refractivity contribution in [2.24, 2.45) is 0 Å². The van der Waals surface area contributed by atoms with Gasteiger partial charge in [-0.1, -0.05) is 17.7 Å². The van der Waals surface area contributed by atoms with Crippen LogP contribution in [0.5, 0.6) is 0 Å². The van der Waals surface area contributed by atoms with Crippen molar-refractivity contribution in [1.29, 1.82) is 0 Å². The van der Waals surface area contributed by atoms with Crippen molar-refractivity contribution < 1.29 is 14.3 Å². The molecule has 1 aromatic carbocycles. The molecular formula is C14H18ClNO3S. The number of halogens is 1. The summed E-state index contributed by atoms with van der Waals surface area (Å²) in [6.07, 6.45) is 0. The molecule has 4 nitrogen and oxygen atoms in total. The summed E-state index contributed by atoms with van der Waals surface area (Å²) in [5.74, 6) is -0.510. The molecule has 0 fully saturated rings. The van der Waals surface area contributed by atoms with E-state index in [1.807, 2.05) is 13.0 Å². The van der Waals surface area contributed by atoms with Crippen LogP contribution in [0.25, 0.3) is 0 Å². The van der Waals surface area contributed by atoms with Gasteiger partial charge in [0.1, 0.15) is 5.25 Å². The molecule has 20 heavy (non-hydrogen) atoms. The third kappa shape index (κ3) is 4.72. The minimum absolute atomic E-state index is 0.170. The van der Waals surface area contributed by atoms with E-state index in [4.69, 9.17) is 11.6 Å². The average Bonchev–Trinajstić information content (AvgIpc) is 2.41. The van der Waals surface area contributed by atoms with Crippen molar-refractivity contribution in [1.82, 2.24) is 0 Å². The van der Waals surface area contributed by atoms with Gasteiger partial charge in [-0.15, -0.1) is 11.8 Å². The van der Waals surface area contributed by atoms with E-state index in [2.05, 4.69) is 10.1 Å². The fraction of sp³-hybridized carbons (Fsp3) is 0.429. The Bertz CT molecular complexity index is 507. The Morgan fingerprint density at radius 1 is 1.30 bits per heavy atom. The van der Waals surface area contributed by atoms with Gasteiger partial charge in [0, 0.05) is 10.7 Å². The summed E-state index contributed by atoms with van der Waals surface area (Å²) in [7, 11) is 1.33. The fourth-order valence-corrected chi connectivity index (χ4v) is 2.73. The smallest absolute Gasteiger partial charge is 0.318 e. The molecule has 2 unspecified atom stereocenters. The maximum Gasteiger partial charge on any atom is 0.318 e. The lowest BCUT2D eigenvalue weighted by atomic mass is 10.2. The Balaban J connectivity index is 2.66. The predicted octanol–water partition coefficient (Wildman–Crippen LogP) is 3.27. The average molecular weight is 316 g/mol. The summed E-state index contributed by atoms with van der Waals surface area (Å²) in [4.78, 5) is 23.4. The number of hydrogen-bond donors (Lipinski definition) is 1. The first-order chi connectivity index (χ1) is 9.35. The Labute approximate surface area is 128 Å². The lowest BCUT2D eigenvalue weighted by Crippen LogP contribution is -2.27. The first-order valence-corrected chi connectivity index (χ1v) is 7.47. The number of hydrogen-bond acceptors (Lipinski definition) is 4. The number of esters is 1. The predicted molar refractivity (Wildman–Crippen MR) is 83.3 cm³/mol. The molecule has 0 saturated heterocycles. The zero-order chi connectivity index (χ0) is 15.3. The first kappa shape index (κ1) is 16.9. The molecule has 6 heteroatoms. The van der Waals surface area contributed by atoms with Crippen LogP contribution in [0.1, 0.15) is 19.4 Å². The van der Waals surface area contributed by atoms with E-state index in [0.29, 0.717) is 10.7 Å². The van der Waals surface area contributed by atoms with E-state index in [1.54, 1.807) is 26.0 Å². The number of nitrogens with one attached hydrogen (secondary N) is 1. The minimum atomic E-state index is -0.388. The van der Waals surface area contributed by atoms with Crippen molar-refractivity contribution >= 4 is 40.9 Å². The normalized spacial score (nSPS) is 13.4. The highest BCUT2D eigenvalue weighted by molar-refractivity contribution is 8.01. The highest BCUT2D eigenvalue weighted by atomic mass is 35.5. The highest BCUT2D eigenvalue weighted by Crippen LogP contribution is 2.23. The van der Waals surface area contributed by atoms with Crippen LogP contribution < -0.4 is 5.32 Å². The van der Waals surface area contributed by atoms with Crippen molar-refractivity contribution in [2.45, 2.75) is 31.3 Å². The van der Waals surface area contributed by atoms with E-state index in [0.717, 1.165) is 5.56 Å². The molecule has 0 aliphatic carbocycles. The molecule has 0 spiro atoms. The Hall–Kier alpha value is -1.20. The molecule has 1 rings (SSSR count). The molecule has 0 aliphatic heterocycles. The van der Waals surface area contributed by atoms with E-state index in [1.165, 1.54) is 18.9 Å². The number of aryl methyl sites for hydroxylation is 1. The molecule has 110 valence electrons. The first-order valence-electron chi connectivity index (χ1n) is 6.15. The Morgan fingerprint density at radius 3 is 2.55 bits per heavy atom. The molecule has 0 bridgehead atoms. The lowest BCUT2D eigenvalue weighted by Gasteiger charge is -2.16. The van der Waals surface area contributed by atoms with Gasteiger partial charge in [0.15, 0.2) is 0 Å².